The van der Waals surface area contributed by atoms with E-state index in [1.807, 2.05) is 6.26 Å². The second kappa shape index (κ2) is 7.22. The molecule has 1 N–H and O–H groups in total. The quantitative estimate of drug-likeness (QED) is 0.831. The van der Waals surface area contributed by atoms with Crippen LogP contribution in [0.25, 0.3) is 0 Å². The van der Waals surface area contributed by atoms with Gasteiger partial charge in [0.15, 0.2) is 0 Å². The van der Waals surface area contributed by atoms with Crippen molar-refractivity contribution in [2.45, 2.75) is 19.4 Å². The van der Waals surface area contributed by atoms with Crippen LogP contribution in [-0.4, -0.2) is 17.9 Å². The van der Waals surface area contributed by atoms with E-state index < -0.39 is 5.82 Å². The van der Waals surface area contributed by atoms with E-state index in [2.05, 4.69) is 5.32 Å². The van der Waals surface area contributed by atoms with Crippen LogP contribution in [0.5, 0.6) is 0 Å². The van der Waals surface area contributed by atoms with Crippen molar-refractivity contribution < 1.29 is 9.18 Å². The molecule has 0 bridgehead atoms. The predicted molar refractivity (Wildman–Crippen MR) is 76.0 cm³/mol. The fraction of sp³-hybridized carbons (Fsp3) is 0.417. The van der Waals surface area contributed by atoms with Crippen molar-refractivity contribution in [1.82, 2.24) is 5.32 Å². The molecule has 1 rings (SSSR count). The molecule has 1 amide bonds. The lowest BCUT2D eigenvalue weighted by Crippen LogP contribution is -2.27. The van der Waals surface area contributed by atoms with Crippen LogP contribution < -0.4 is 5.32 Å². The first-order chi connectivity index (χ1) is 8.45. The van der Waals surface area contributed by atoms with Gasteiger partial charge in [0.2, 0.25) is 5.91 Å². The van der Waals surface area contributed by atoms with Crippen LogP contribution in [0.1, 0.15) is 24.9 Å². The van der Waals surface area contributed by atoms with E-state index in [1.165, 1.54) is 12.1 Å². The van der Waals surface area contributed by atoms with Gasteiger partial charge in [0.05, 0.1) is 11.1 Å². The van der Waals surface area contributed by atoms with Crippen LogP contribution in [0.2, 0.25) is 10.0 Å². The van der Waals surface area contributed by atoms with Gasteiger partial charge in [-0.1, -0.05) is 23.2 Å². The zero-order valence-corrected chi connectivity index (χ0v) is 12.4. The van der Waals surface area contributed by atoms with Crippen molar-refractivity contribution in [3.63, 3.8) is 0 Å². The number of nitrogens with one attached hydrogen (secondary N) is 1. The highest BCUT2D eigenvalue weighted by Crippen LogP contribution is 2.28. The van der Waals surface area contributed by atoms with Crippen LogP contribution in [0, 0.1) is 5.82 Å². The molecule has 6 heteroatoms. The molecule has 0 fully saturated rings. The number of benzene rings is 1. The molecule has 2 nitrogen and oxygen atoms in total. The number of hydrogen-bond acceptors (Lipinski definition) is 2. The van der Waals surface area contributed by atoms with E-state index in [4.69, 9.17) is 23.2 Å². The average molecular weight is 310 g/mol. The lowest BCUT2D eigenvalue weighted by atomic mass is 10.1. The van der Waals surface area contributed by atoms with Crippen molar-refractivity contribution in [3.05, 3.63) is 33.6 Å². The van der Waals surface area contributed by atoms with Gasteiger partial charge in [0, 0.05) is 17.2 Å². The Morgan fingerprint density at radius 1 is 1.44 bits per heavy atom. The van der Waals surface area contributed by atoms with Gasteiger partial charge in [-0.3, -0.25) is 4.79 Å². The molecule has 1 unspecified atom stereocenters. The summed E-state index contributed by atoms with van der Waals surface area (Å²) in [6.45, 7) is 1.76. The number of carbonyl (C=O) groups is 1. The monoisotopic (exact) mass is 309 g/mol. The van der Waals surface area contributed by atoms with Crippen molar-refractivity contribution >= 4 is 40.9 Å². The molecule has 0 heterocycles. The largest absolute Gasteiger partial charge is 0.350 e. The van der Waals surface area contributed by atoms with E-state index in [0.29, 0.717) is 17.0 Å². The Morgan fingerprint density at radius 2 is 2.11 bits per heavy atom. The Labute approximate surface area is 120 Å². The fourth-order valence-electron chi connectivity index (χ4n) is 1.46. The van der Waals surface area contributed by atoms with Crippen molar-refractivity contribution in [1.29, 1.82) is 0 Å². The van der Waals surface area contributed by atoms with Gasteiger partial charge >= 0.3 is 0 Å². The number of carbonyl (C=O) groups excluding carboxylic acids is 1. The molecular formula is C12H14Cl2FNOS. The third-order valence-corrected chi connectivity index (χ3v) is 3.65. The molecule has 100 valence electrons. The lowest BCUT2D eigenvalue weighted by molar-refractivity contribution is -0.121. The summed E-state index contributed by atoms with van der Waals surface area (Å²) < 4.78 is 13.4. The Balaban J connectivity index is 2.75. The molecule has 0 spiro atoms. The second-order valence-corrected chi connectivity index (χ2v) is 5.62. The molecule has 0 aromatic heterocycles. The van der Waals surface area contributed by atoms with Gasteiger partial charge in [-0.15, -0.1) is 0 Å². The van der Waals surface area contributed by atoms with E-state index >= 15 is 0 Å². The van der Waals surface area contributed by atoms with Crippen LogP contribution in [0.4, 0.5) is 4.39 Å². The molecule has 0 aliphatic rings. The maximum atomic E-state index is 13.4. The highest BCUT2D eigenvalue weighted by atomic mass is 35.5. The molecule has 1 aromatic rings. The van der Waals surface area contributed by atoms with Crippen LogP contribution in [-0.2, 0) is 4.79 Å². The van der Waals surface area contributed by atoms with Crippen LogP contribution in [0.15, 0.2) is 12.1 Å². The third-order valence-electron chi connectivity index (χ3n) is 2.42. The Bertz CT molecular complexity index is 442. The minimum atomic E-state index is -0.540. The Hall–Kier alpha value is -0.450. The highest BCUT2D eigenvalue weighted by molar-refractivity contribution is 7.98. The number of hydrogen-bond donors (Lipinski definition) is 1. The maximum Gasteiger partial charge on any atom is 0.221 e. The molecule has 1 aromatic carbocycles. The number of thioether (sulfide) groups is 1. The highest BCUT2D eigenvalue weighted by Gasteiger charge is 2.15. The van der Waals surface area contributed by atoms with Gasteiger partial charge in [-0.2, -0.15) is 11.8 Å². The molecule has 18 heavy (non-hydrogen) atoms. The smallest absolute Gasteiger partial charge is 0.221 e. The zero-order chi connectivity index (χ0) is 13.7. The van der Waals surface area contributed by atoms with Crippen LogP contribution in [0.3, 0.4) is 0 Å². The zero-order valence-electron chi connectivity index (χ0n) is 10.1. The molecule has 0 aliphatic heterocycles. The SMILES string of the molecule is CSCCC(=O)NC(C)c1cc(F)c(Cl)cc1Cl. The first-order valence-electron chi connectivity index (χ1n) is 5.38. The summed E-state index contributed by atoms with van der Waals surface area (Å²) in [6, 6.07) is 2.25. The van der Waals surface area contributed by atoms with E-state index in [1.54, 1.807) is 18.7 Å². The summed E-state index contributed by atoms with van der Waals surface area (Å²) in [7, 11) is 0. The summed E-state index contributed by atoms with van der Waals surface area (Å²) in [5, 5.41) is 3.09. The van der Waals surface area contributed by atoms with Crippen molar-refractivity contribution in [2.75, 3.05) is 12.0 Å². The van der Waals surface area contributed by atoms with Crippen LogP contribution >= 0.6 is 35.0 Å². The molecule has 0 saturated heterocycles. The summed E-state index contributed by atoms with van der Waals surface area (Å²) in [5.74, 6) is 0.130. The Kier molecular flexibility index (Phi) is 6.26. The number of rotatable bonds is 5. The average Bonchev–Trinajstić information content (AvgIpc) is 2.31. The predicted octanol–water partition coefficient (Wildman–Crippen LogP) is 4.06. The summed E-state index contributed by atoms with van der Waals surface area (Å²) in [6.07, 6.45) is 2.36. The van der Waals surface area contributed by atoms with E-state index in [-0.39, 0.29) is 17.0 Å². The number of halogens is 3. The second-order valence-electron chi connectivity index (χ2n) is 3.82. The van der Waals surface area contributed by atoms with E-state index in [0.717, 1.165) is 5.75 Å². The van der Waals surface area contributed by atoms with Gasteiger partial charge in [0.25, 0.3) is 0 Å². The first-order valence-corrected chi connectivity index (χ1v) is 7.53. The standard InChI is InChI=1S/C12H14Cl2FNOS/c1-7(16-12(17)3-4-18-2)8-5-11(15)10(14)6-9(8)13/h5-7H,3-4H2,1-2H3,(H,16,17). The Morgan fingerprint density at radius 3 is 2.72 bits per heavy atom. The summed E-state index contributed by atoms with van der Waals surface area (Å²) in [5.41, 5.74) is 0.524. The van der Waals surface area contributed by atoms with Gasteiger partial charge in [-0.05, 0) is 30.9 Å². The van der Waals surface area contributed by atoms with E-state index in [9.17, 15) is 9.18 Å². The molecule has 0 radical (unpaired) electrons. The third kappa shape index (κ3) is 4.34. The van der Waals surface area contributed by atoms with Crippen molar-refractivity contribution in [3.8, 4) is 0 Å². The molecular weight excluding hydrogens is 296 g/mol. The number of amides is 1. The van der Waals surface area contributed by atoms with Gasteiger partial charge < -0.3 is 5.32 Å². The minimum absolute atomic E-state index is 0.0235. The first kappa shape index (κ1) is 15.6. The van der Waals surface area contributed by atoms with Gasteiger partial charge in [0.1, 0.15) is 5.82 Å². The summed E-state index contributed by atoms with van der Waals surface area (Å²) >= 11 is 13.2. The lowest BCUT2D eigenvalue weighted by Gasteiger charge is -2.16. The molecule has 1 atom stereocenters. The maximum absolute atomic E-state index is 13.4. The van der Waals surface area contributed by atoms with Crippen molar-refractivity contribution in [2.24, 2.45) is 0 Å². The molecule has 0 aliphatic carbocycles. The fourth-order valence-corrected chi connectivity index (χ4v) is 2.39. The summed E-state index contributed by atoms with van der Waals surface area (Å²) in [4.78, 5) is 11.6. The topological polar surface area (TPSA) is 29.1 Å². The van der Waals surface area contributed by atoms with Gasteiger partial charge in [-0.25, -0.2) is 4.39 Å². The normalized spacial score (nSPS) is 12.3. The molecule has 0 saturated carbocycles. The minimum Gasteiger partial charge on any atom is -0.350 e.